The van der Waals surface area contributed by atoms with Crippen LogP contribution < -0.4 is 4.74 Å². The zero-order chi connectivity index (χ0) is 15.7. The Morgan fingerprint density at radius 3 is 3.09 bits per heavy atom. The summed E-state index contributed by atoms with van der Waals surface area (Å²) in [4.78, 5) is 10.6. The van der Waals surface area contributed by atoms with Gasteiger partial charge in [-0.1, -0.05) is 0 Å². The molecule has 10 heteroatoms. The van der Waals surface area contributed by atoms with Crippen molar-refractivity contribution in [3.05, 3.63) is 44.0 Å². The normalized spacial score (nSPS) is 13.9. The van der Waals surface area contributed by atoms with E-state index in [2.05, 4.69) is 15.3 Å². The van der Waals surface area contributed by atoms with E-state index in [1.54, 1.807) is 6.92 Å². The zero-order valence-corrected chi connectivity index (χ0v) is 12.3. The van der Waals surface area contributed by atoms with Crippen molar-refractivity contribution in [2.24, 2.45) is 5.10 Å². The molecule has 1 aromatic heterocycles. The summed E-state index contributed by atoms with van der Waals surface area (Å²) in [6.07, 6.45) is 1.45. The third kappa shape index (κ3) is 2.61. The zero-order valence-electron chi connectivity index (χ0n) is 11.5. The van der Waals surface area contributed by atoms with E-state index in [0.29, 0.717) is 27.5 Å². The molecular formula is C12H11N5O4S. The maximum absolute atomic E-state index is 11.0. The van der Waals surface area contributed by atoms with Crippen molar-refractivity contribution in [3.8, 4) is 5.75 Å². The topological polar surface area (TPSA) is 108 Å². The summed E-state index contributed by atoms with van der Waals surface area (Å²) in [5.41, 5.74) is 1.03. The standard InChI is InChI=1S/C12H11N5O4S/c1-7-14-15-12(22)16(7)13-4-8-2-10(17(18)19)3-9-5-20-6-21-11(8)9/h2-4H,5-6H2,1H3,(H,15,22). The third-order valence-corrected chi connectivity index (χ3v) is 3.32. The molecule has 0 aliphatic carbocycles. The molecule has 1 aromatic carbocycles. The average Bonchev–Trinajstić information content (AvgIpc) is 2.83. The van der Waals surface area contributed by atoms with Crippen LogP contribution in [0.5, 0.6) is 5.75 Å². The quantitative estimate of drug-likeness (QED) is 0.400. The molecule has 0 atom stereocenters. The van der Waals surface area contributed by atoms with Crippen molar-refractivity contribution in [3.63, 3.8) is 0 Å². The largest absolute Gasteiger partial charge is 0.466 e. The summed E-state index contributed by atoms with van der Waals surface area (Å²) < 4.78 is 12.3. The average molecular weight is 321 g/mol. The van der Waals surface area contributed by atoms with Crippen molar-refractivity contribution in [2.45, 2.75) is 13.5 Å². The van der Waals surface area contributed by atoms with Crippen LogP contribution in [0.1, 0.15) is 17.0 Å². The number of ether oxygens (including phenoxy) is 2. The van der Waals surface area contributed by atoms with Crippen LogP contribution in [0.3, 0.4) is 0 Å². The highest BCUT2D eigenvalue weighted by Gasteiger charge is 2.20. The second-order valence-electron chi connectivity index (χ2n) is 4.52. The van der Waals surface area contributed by atoms with Gasteiger partial charge in [-0.05, 0) is 19.1 Å². The highest BCUT2D eigenvalue weighted by Crippen LogP contribution is 2.31. The molecule has 1 aliphatic rings. The fourth-order valence-electron chi connectivity index (χ4n) is 2.06. The first kappa shape index (κ1) is 14.4. The van der Waals surface area contributed by atoms with Gasteiger partial charge in [0, 0.05) is 23.3 Å². The van der Waals surface area contributed by atoms with Gasteiger partial charge in [-0.2, -0.15) is 14.9 Å². The number of rotatable bonds is 3. The Kier molecular flexibility index (Phi) is 3.69. The summed E-state index contributed by atoms with van der Waals surface area (Å²) in [5.74, 6) is 1.10. The molecule has 2 heterocycles. The first-order valence-corrected chi connectivity index (χ1v) is 6.67. The number of aromatic amines is 1. The molecule has 0 spiro atoms. The van der Waals surface area contributed by atoms with Gasteiger partial charge in [0.25, 0.3) is 5.69 Å². The van der Waals surface area contributed by atoms with Gasteiger partial charge in [0.05, 0.1) is 17.7 Å². The monoisotopic (exact) mass is 321 g/mol. The number of aromatic nitrogens is 3. The van der Waals surface area contributed by atoms with Crippen LogP contribution in [0.2, 0.25) is 0 Å². The summed E-state index contributed by atoms with van der Waals surface area (Å²) in [6, 6.07) is 2.83. The lowest BCUT2D eigenvalue weighted by molar-refractivity contribution is -0.385. The molecule has 0 unspecified atom stereocenters. The summed E-state index contributed by atoms with van der Waals surface area (Å²) >= 11 is 5.05. The molecule has 0 saturated carbocycles. The van der Waals surface area contributed by atoms with Gasteiger partial charge in [-0.15, -0.1) is 0 Å². The van der Waals surface area contributed by atoms with E-state index < -0.39 is 4.92 Å². The van der Waals surface area contributed by atoms with E-state index in [1.807, 2.05) is 0 Å². The predicted octanol–water partition coefficient (Wildman–Crippen LogP) is 1.91. The minimum absolute atomic E-state index is 0.0539. The first-order valence-electron chi connectivity index (χ1n) is 6.26. The van der Waals surface area contributed by atoms with E-state index in [0.717, 1.165) is 0 Å². The Morgan fingerprint density at radius 1 is 1.59 bits per heavy atom. The summed E-state index contributed by atoms with van der Waals surface area (Å²) in [6.45, 7) is 2.08. The van der Waals surface area contributed by atoms with E-state index in [-0.39, 0.29) is 19.1 Å². The number of nitro groups is 1. The molecule has 1 N–H and O–H groups in total. The Balaban J connectivity index is 2.07. The molecule has 0 bridgehead atoms. The van der Waals surface area contributed by atoms with E-state index in [1.165, 1.54) is 23.0 Å². The summed E-state index contributed by atoms with van der Waals surface area (Å²) in [5, 5.41) is 21.8. The van der Waals surface area contributed by atoms with Gasteiger partial charge in [-0.25, -0.2) is 0 Å². The number of hydrogen-bond donors (Lipinski definition) is 1. The van der Waals surface area contributed by atoms with Crippen LogP contribution in [0.4, 0.5) is 5.69 Å². The lowest BCUT2D eigenvalue weighted by Crippen LogP contribution is -2.13. The number of aryl methyl sites for hydroxylation is 1. The predicted molar refractivity (Wildman–Crippen MR) is 78.5 cm³/mol. The van der Waals surface area contributed by atoms with Crippen molar-refractivity contribution in [1.82, 2.24) is 14.9 Å². The second kappa shape index (κ2) is 5.66. The van der Waals surface area contributed by atoms with Gasteiger partial charge < -0.3 is 9.47 Å². The van der Waals surface area contributed by atoms with Gasteiger partial charge in [0.1, 0.15) is 11.6 Å². The van der Waals surface area contributed by atoms with Gasteiger partial charge in [-0.3, -0.25) is 15.2 Å². The Labute approximate surface area is 129 Å². The molecule has 0 radical (unpaired) electrons. The lowest BCUT2D eigenvalue weighted by atomic mass is 10.1. The Morgan fingerprint density at radius 2 is 2.41 bits per heavy atom. The molecule has 0 fully saturated rings. The van der Waals surface area contributed by atoms with Gasteiger partial charge >= 0.3 is 0 Å². The number of fused-ring (bicyclic) bond motifs is 1. The van der Waals surface area contributed by atoms with Crippen LogP contribution in [0, 0.1) is 21.8 Å². The number of nitrogens with one attached hydrogen (secondary N) is 1. The maximum Gasteiger partial charge on any atom is 0.270 e. The van der Waals surface area contributed by atoms with E-state index in [9.17, 15) is 10.1 Å². The number of non-ortho nitro benzene ring substituents is 1. The van der Waals surface area contributed by atoms with Gasteiger partial charge in [0.15, 0.2) is 6.79 Å². The molecular weight excluding hydrogens is 310 g/mol. The Hall–Kier alpha value is -2.59. The van der Waals surface area contributed by atoms with Crippen molar-refractivity contribution < 1.29 is 14.4 Å². The number of nitro benzene ring substituents is 1. The van der Waals surface area contributed by atoms with Crippen LogP contribution in [-0.2, 0) is 11.3 Å². The number of nitrogens with zero attached hydrogens (tertiary/aromatic N) is 4. The number of benzene rings is 1. The number of H-pyrrole nitrogens is 1. The van der Waals surface area contributed by atoms with E-state index >= 15 is 0 Å². The van der Waals surface area contributed by atoms with Crippen molar-refractivity contribution in [2.75, 3.05) is 6.79 Å². The third-order valence-electron chi connectivity index (χ3n) is 3.06. The van der Waals surface area contributed by atoms with Crippen LogP contribution in [0.25, 0.3) is 0 Å². The Bertz CT molecular complexity index is 825. The fourth-order valence-corrected chi connectivity index (χ4v) is 2.28. The lowest BCUT2D eigenvalue weighted by Gasteiger charge is -2.19. The van der Waals surface area contributed by atoms with Gasteiger partial charge in [0.2, 0.25) is 4.77 Å². The molecule has 2 aromatic rings. The first-order chi connectivity index (χ1) is 10.6. The van der Waals surface area contributed by atoms with Crippen molar-refractivity contribution in [1.29, 1.82) is 0 Å². The molecule has 114 valence electrons. The maximum atomic E-state index is 11.0. The molecule has 9 nitrogen and oxygen atoms in total. The second-order valence-corrected chi connectivity index (χ2v) is 4.91. The van der Waals surface area contributed by atoms with Crippen molar-refractivity contribution >= 4 is 24.1 Å². The smallest absolute Gasteiger partial charge is 0.270 e. The van der Waals surface area contributed by atoms with Crippen LogP contribution in [0.15, 0.2) is 17.2 Å². The highest BCUT2D eigenvalue weighted by molar-refractivity contribution is 7.71. The minimum Gasteiger partial charge on any atom is -0.466 e. The number of hydrogen-bond acceptors (Lipinski definition) is 7. The summed E-state index contributed by atoms with van der Waals surface area (Å²) in [7, 11) is 0. The SMILES string of the molecule is Cc1n[nH]c(=S)n1N=Cc1cc([N+](=O)[O-])cc2c1OCOC2. The molecule has 0 amide bonds. The fraction of sp³-hybridized carbons (Fsp3) is 0.250. The molecule has 3 rings (SSSR count). The minimum atomic E-state index is -0.471. The molecule has 22 heavy (non-hydrogen) atoms. The van der Waals surface area contributed by atoms with Crippen LogP contribution >= 0.6 is 12.2 Å². The van der Waals surface area contributed by atoms with Crippen LogP contribution in [-0.4, -0.2) is 32.8 Å². The molecule has 1 aliphatic heterocycles. The van der Waals surface area contributed by atoms with E-state index in [4.69, 9.17) is 21.7 Å². The molecule has 0 saturated heterocycles. The highest BCUT2D eigenvalue weighted by atomic mass is 32.1.